The molecule has 2 aliphatic rings. The van der Waals surface area contributed by atoms with E-state index in [2.05, 4.69) is 292 Å². The lowest BCUT2D eigenvalue weighted by Gasteiger charge is -2.34. The van der Waals surface area contributed by atoms with Crippen LogP contribution in [0.25, 0.3) is 88.3 Å². The van der Waals surface area contributed by atoms with Crippen LogP contribution in [0.5, 0.6) is 0 Å². The van der Waals surface area contributed by atoms with Gasteiger partial charge in [-0.05, 0) is 120 Å². The van der Waals surface area contributed by atoms with Gasteiger partial charge in [0.1, 0.15) is 11.2 Å². The molecule has 2 heteroatoms. The lowest BCUT2D eigenvalue weighted by molar-refractivity contribution is 0.660. The van der Waals surface area contributed by atoms with Crippen LogP contribution in [-0.2, 0) is 10.8 Å². The molecule has 0 unspecified atom stereocenters. The minimum Gasteiger partial charge on any atom is -0.455 e. The smallest absolute Gasteiger partial charge is 0.143 e. The molecule has 0 radical (unpaired) electrons. The maximum Gasteiger partial charge on any atom is 0.143 e. The number of hydrogen-bond acceptors (Lipinski definition) is 2. The number of fused-ring (bicyclic) bond motifs is 11. The fraction of sp³-hybridized carbons (Fsp3) is 0.0541. The van der Waals surface area contributed by atoms with E-state index in [4.69, 9.17) is 4.42 Å². The van der Waals surface area contributed by atoms with Gasteiger partial charge in [-0.15, -0.1) is 0 Å². The molecule has 12 aromatic carbocycles. The molecule has 0 fully saturated rings. The fourth-order valence-corrected chi connectivity index (χ4v) is 13.3. The van der Waals surface area contributed by atoms with Crippen LogP contribution in [0.3, 0.4) is 0 Å². The molecule has 358 valence electrons. The van der Waals surface area contributed by atoms with Crippen LogP contribution in [0.1, 0.15) is 47.2 Å². The Hall–Kier alpha value is -9.50. The summed E-state index contributed by atoms with van der Waals surface area (Å²) in [5.41, 5.74) is 24.2. The van der Waals surface area contributed by atoms with Crippen molar-refractivity contribution in [2.45, 2.75) is 24.7 Å². The molecule has 2 nitrogen and oxygen atoms in total. The summed E-state index contributed by atoms with van der Waals surface area (Å²) < 4.78 is 7.05. The van der Waals surface area contributed by atoms with E-state index in [-0.39, 0.29) is 5.41 Å². The fourth-order valence-electron chi connectivity index (χ4n) is 13.3. The molecule has 2 aliphatic carbocycles. The van der Waals surface area contributed by atoms with E-state index in [0.29, 0.717) is 0 Å². The van der Waals surface area contributed by atoms with E-state index in [1.54, 1.807) is 0 Å². The standard InChI is InChI=1S/C74H51NO/c1-73(2)65-32-15-11-27-57(65)59-44-40-51(47-67(59)73)55-25-13-17-34-69(55)75(70-35-18-14-29-61(70)62-30-19-31-63-64-45-38-49-20-9-10-26-56(49)71(64)76-72(62)63)54-41-36-48(37-42-54)50-39-43-60-58-28-12-16-33-66(58)74(68(60)46-50,52-21-5-3-6-22-52)53-23-7-4-8-24-53/h3-47H,1-2H3. The zero-order valence-electron chi connectivity index (χ0n) is 42.3. The summed E-state index contributed by atoms with van der Waals surface area (Å²) in [6, 6.07) is 101. The Morgan fingerprint density at radius 2 is 0.803 bits per heavy atom. The van der Waals surface area contributed by atoms with Gasteiger partial charge >= 0.3 is 0 Å². The number of hydrogen-bond donors (Lipinski definition) is 0. The molecular formula is C74H51NO. The van der Waals surface area contributed by atoms with Crippen molar-refractivity contribution < 1.29 is 4.42 Å². The van der Waals surface area contributed by atoms with E-state index in [1.165, 1.54) is 66.8 Å². The number of furan rings is 1. The highest BCUT2D eigenvalue weighted by molar-refractivity contribution is 6.18. The number of nitrogens with zero attached hydrogens (tertiary/aromatic N) is 1. The molecule has 0 N–H and O–H groups in total. The number of para-hydroxylation sites is 3. The third kappa shape index (κ3) is 6.47. The maximum atomic E-state index is 7.05. The maximum absolute atomic E-state index is 7.05. The summed E-state index contributed by atoms with van der Waals surface area (Å²) >= 11 is 0. The third-order valence-electron chi connectivity index (χ3n) is 16.8. The average Bonchev–Trinajstić information content (AvgIpc) is 4.11. The number of benzene rings is 12. The highest BCUT2D eigenvalue weighted by atomic mass is 16.3. The highest BCUT2D eigenvalue weighted by Gasteiger charge is 2.46. The van der Waals surface area contributed by atoms with E-state index in [0.717, 1.165) is 72.0 Å². The van der Waals surface area contributed by atoms with Crippen LogP contribution in [0.2, 0.25) is 0 Å². The van der Waals surface area contributed by atoms with Gasteiger partial charge in [-0.1, -0.05) is 244 Å². The first kappa shape index (κ1) is 44.0. The first-order chi connectivity index (χ1) is 37.5. The Bertz CT molecular complexity index is 4390. The van der Waals surface area contributed by atoms with Crippen LogP contribution >= 0.6 is 0 Å². The van der Waals surface area contributed by atoms with Crippen LogP contribution in [-0.4, -0.2) is 0 Å². The Morgan fingerprint density at radius 3 is 1.54 bits per heavy atom. The van der Waals surface area contributed by atoms with Crippen molar-refractivity contribution in [3.8, 4) is 55.6 Å². The predicted octanol–water partition coefficient (Wildman–Crippen LogP) is 19.9. The molecule has 1 aromatic heterocycles. The van der Waals surface area contributed by atoms with E-state index in [9.17, 15) is 0 Å². The van der Waals surface area contributed by atoms with Gasteiger partial charge in [0.05, 0.1) is 16.8 Å². The van der Waals surface area contributed by atoms with E-state index in [1.807, 2.05) is 0 Å². The molecular weight excluding hydrogens is 919 g/mol. The van der Waals surface area contributed by atoms with E-state index < -0.39 is 5.41 Å². The van der Waals surface area contributed by atoms with Gasteiger partial charge in [-0.25, -0.2) is 0 Å². The van der Waals surface area contributed by atoms with Gasteiger partial charge in [0, 0.05) is 44.0 Å². The van der Waals surface area contributed by atoms with Crippen LogP contribution in [0.4, 0.5) is 17.1 Å². The van der Waals surface area contributed by atoms with E-state index >= 15 is 0 Å². The third-order valence-corrected chi connectivity index (χ3v) is 16.8. The second-order valence-corrected chi connectivity index (χ2v) is 21.1. The second-order valence-electron chi connectivity index (χ2n) is 21.1. The van der Waals surface area contributed by atoms with Gasteiger partial charge in [0.2, 0.25) is 0 Å². The Balaban J connectivity index is 0.915. The molecule has 15 rings (SSSR count). The monoisotopic (exact) mass is 969 g/mol. The van der Waals surface area contributed by atoms with Crippen molar-refractivity contribution in [1.82, 2.24) is 0 Å². The Morgan fingerprint density at radius 1 is 0.303 bits per heavy atom. The van der Waals surface area contributed by atoms with Crippen molar-refractivity contribution in [2.75, 3.05) is 4.90 Å². The van der Waals surface area contributed by atoms with Crippen LogP contribution < -0.4 is 4.90 Å². The molecule has 76 heavy (non-hydrogen) atoms. The van der Waals surface area contributed by atoms with Gasteiger partial charge in [0.15, 0.2) is 0 Å². The molecule has 0 amide bonds. The van der Waals surface area contributed by atoms with Crippen molar-refractivity contribution in [3.63, 3.8) is 0 Å². The molecule has 0 bridgehead atoms. The minimum atomic E-state index is -0.486. The number of rotatable bonds is 8. The largest absolute Gasteiger partial charge is 0.455 e. The Labute approximate surface area is 443 Å². The first-order valence-electron chi connectivity index (χ1n) is 26.5. The van der Waals surface area contributed by atoms with Crippen molar-refractivity contribution in [1.29, 1.82) is 0 Å². The summed E-state index contributed by atoms with van der Waals surface area (Å²) in [4.78, 5) is 2.47. The SMILES string of the molecule is CC1(C)c2ccccc2-c2ccc(-c3ccccc3N(c3ccc(-c4ccc5c(c4)C(c4ccccc4)(c4ccccc4)c4ccccc4-5)cc3)c3ccccc3-c3cccc4c3oc3c5ccccc5ccc43)cc21. The van der Waals surface area contributed by atoms with Crippen LogP contribution in [0.15, 0.2) is 277 Å². The first-order valence-corrected chi connectivity index (χ1v) is 26.5. The Kier molecular flexibility index (Phi) is 9.86. The topological polar surface area (TPSA) is 16.4 Å². The summed E-state index contributed by atoms with van der Waals surface area (Å²) in [5, 5.41) is 4.50. The minimum absolute atomic E-state index is 0.141. The summed E-state index contributed by atoms with van der Waals surface area (Å²) in [6.45, 7) is 4.73. The summed E-state index contributed by atoms with van der Waals surface area (Å²) in [6.07, 6.45) is 0. The second kappa shape index (κ2) is 17.0. The highest BCUT2D eigenvalue weighted by Crippen LogP contribution is 2.57. The van der Waals surface area contributed by atoms with Crippen molar-refractivity contribution in [2.24, 2.45) is 0 Å². The molecule has 0 saturated heterocycles. The predicted molar refractivity (Wildman–Crippen MR) is 317 cm³/mol. The van der Waals surface area contributed by atoms with Crippen molar-refractivity contribution in [3.05, 3.63) is 306 Å². The molecule has 0 saturated carbocycles. The normalized spacial score (nSPS) is 13.6. The summed E-state index contributed by atoms with van der Waals surface area (Å²) in [5.74, 6) is 0. The van der Waals surface area contributed by atoms with Crippen molar-refractivity contribution >= 4 is 49.8 Å². The lowest BCUT2D eigenvalue weighted by Crippen LogP contribution is -2.28. The van der Waals surface area contributed by atoms with Gasteiger partial charge in [-0.3, -0.25) is 0 Å². The molecule has 0 aliphatic heterocycles. The average molecular weight is 970 g/mol. The molecule has 1 heterocycles. The molecule has 0 spiro atoms. The van der Waals surface area contributed by atoms with Crippen LogP contribution in [0, 0.1) is 0 Å². The molecule has 13 aromatic rings. The zero-order chi connectivity index (χ0) is 50.5. The van der Waals surface area contributed by atoms with Gasteiger partial charge in [-0.2, -0.15) is 0 Å². The zero-order valence-corrected chi connectivity index (χ0v) is 42.3. The summed E-state index contributed by atoms with van der Waals surface area (Å²) in [7, 11) is 0. The van der Waals surface area contributed by atoms with Gasteiger partial charge < -0.3 is 9.32 Å². The molecule has 0 atom stereocenters. The van der Waals surface area contributed by atoms with Gasteiger partial charge in [0.25, 0.3) is 0 Å². The quantitative estimate of drug-likeness (QED) is 0.151. The number of anilines is 3. The lowest BCUT2D eigenvalue weighted by atomic mass is 9.67.